The second-order valence-corrected chi connectivity index (χ2v) is 5.38. The third kappa shape index (κ3) is 3.20. The van der Waals surface area contributed by atoms with Gasteiger partial charge in [0.25, 0.3) is 0 Å². The molecule has 0 nitrogen and oxygen atoms in total. The quantitative estimate of drug-likeness (QED) is 0.642. The van der Waals surface area contributed by atoms with Crippen molar-refractivity contribution in [1.29, 1.82) is 0 Å². The fraction of sp³-hybridized carbons (Fsp3) is 0.600. The van der Waals surface area contributed by atoms with Gasteiger partial charge < -0.3 is 0 Å². The molecule has 0 atom stereocenters. The van der Waals surface area contributed by atoms with Crippen molar-refractivity contribution >= 4 is 23.1 Å². The van der Waals surface area contributed by atoms with Crippen LogP contribution in [0.2, 0.25) is 0 Å². The highest BCUT2D eigenvalue weighted by atomic mass is 32.2. The molecule has 1 heterocycles. The van der Waals surface area contributed by atoms with Gasteiger partial charge in [0, 0.05) is 4.88 Å². The molecule has 1 aromatic heterocycles. The second kappa shape index (κ2) is 5.65. The van der Waals surface area contributed by atoms with Gasteiger partial charge in [-0.15, -0.1) is 23.1 Å². The summed E-state index contributed by atoms with van der Waals surface area (Å²) in [6.07, 6.45) is 3.78. The van der Waals surface area contributed by atoms with Crippen LogP contribution in [0.1, 0.15) is 31.6 Å². The lowest BCUT2D eigenvalue weighted by Gasteiger charge is -1.92. The van der Waals surface area contributed by atoms with Crippen molar-refractivity contribution in [2.45, 2.75) is 37.3 Å². The van der Waals surface area contributed by atoms with Gasteiger partial charge in [-0.1, -0.05) is 20.3 Å². The van der Waals surface area contributed by atoms with Crippen molar-refractivity contribution in [3.05, 3.63) is 17.0 Å². The zero-order valence-corrected chi connectivity index (χ0v) is 9.43. The monoisotopic (exact) mass is 200 g/mol. The van der Waals surface area contributed by atoms with Crippen LogP contribution in [0.25, 0.3) is 0 Å². The van der Waals surface area contributed by atoms with Crippen LogP contribution in [0.5, 0.6) is 0 Å². The topological polar surface area (TPSA) is 0 Å². The fourth-order valence-corrected chi connectivity index (χ4v) is 3.23. The van der Waals surface area contributed by atoms with Crippen molar-refractivity contribution in [2.75, 3.05) is 5.75 Å². The number of hydrogen-bond donors (Lipinski definition) is 0. The Bertz CT molecular complexity index is 215. The maximum absolute atomic E-state index is 2.27. The minimum absolute atomic E-state index is 1.25. The standard InChI is InChI=1S/C10H16S2/c1-3-5-9-6-7-10(12-9)11-8-4-2/h6-7H,3-5,8H2,1-2H3. The molecule has 12 heavy (non-hydrogen) atoms. The van der Waals surface area contributed by atoms with E-state index < -0.39 is 0 Å². The molecular formula is C10H16S2. The molecule has 0 aliphatic rings. The third-order valence-electron chi connectivity index (χ3n) is 1.58. The van der Waals surface area contributed by atoms with Crippen molar-refractivity contribution in [1.82, 2.24) is 0 Å². The van der Waals surface area contributed by atoms with E-state index in [-0.39, 0.29) is 0 Å². The first-order chi connectivity index (χ1) is 5.86. The summed E-state index contributed by atoms with van der Waals surface area (Å²) in [7, 11) is 0. The highest BCUT2D eigenvalue weighted by molar-refractivity contribution is 8.01. The first-order valence-corrected chi connectivity index (χ1v) is 6.38. The van der Waals surface area contributed by atoms with Crippen LogP contribution in [-0.2, 0) is 6.42 Å². The summed E-state index contributed by atoms with van der Waals surface area (Å²) in [5.41, 5.74) is 0. The Hall–Kier alpha value is 0.0500. The maximum Gasteiger partial charge on any atom is 0.0601 e. The minimum Gasteiger partial charge on any atom is -0.134 e. The Balaban J connectivity index is 2.41. The smallest absolute Gasteiger partial charge is 0.0601 e. The van der Waals surface area contributed by atoms with Gasteiger partial charge in [0.1, 0.15) is 0 Å². The van der Waals surface area contributed by atoms with Gasteiger partial charge in [-0.25, -0.2) is 0 Å². The Morgan fingerprint density at radius 2 is 2.08 bits per heavy atom. The van der Waals surface area contributed by atoms with E-state index in [1.165, 1.54) is 34.1 Å². The summed E-state index contributed by atoms with van der Waals surface area (Å²) in [6.45, 7) is 4.46. The van der Waals surface area contributed by atoms with Crippen LogP contribution in [0.4, 0.5) is 0 Å². The Morgan fingerprint density at radius 3 is 2.75 bits per heavy atom. The molecule has 0 bridgehead atoms. The van der Waals surface area contributed by atoms with Gasteiger partial charge in [0.2, 0.25) is 0 Å². The zero-order valence-electron chi connectivity index (χ0n) is 7.80. The summed E-state index contributed by atoms with van der Waals surface area (Å²) >= 11 is 3.95. The number of thioether (sulfide) groups is 1. The lowest BCUT2D eigenvalue weighted by atomic mass is 10.3. The number of rotatable bonds is 5. The third-order valence-corrected chi connectivity index (χ3v) is 4.16. The molecule has 0 aliphatic heterocycles. The van der Waals surface area contributed by atoms with Gasteiger partial charge in [0.15, 0.2) is 0 Å². The van der Waals surface area contributed by atoms with Gasteiger partial charge in [-0.3, -0.25) is 0 Å². The average molecular weight is 200 g/mol. The summed E-state index contributed by atoms with van der Waals surface area (Å²) in [6, 6.07) is 4.53. The normalized spacial score (nSPS) is 10.5. The molecule has 0 radical (unpaired) electrons. The minimum atomic E-state index is 1.25. The Labute approximate surface area is 83.4 Å². The van der Waals surface area contributed by atoms with E-state index in [2.05, 4.69) is 26.0 Å². The number of aryl methyl sites for hydroxylation is 1. The van der Waals surface area contributed by atoms with E-state index in [0.717, 1.165) is 0 Å². The average Bonchev–Trinajstić information content (AvgIpc) is 2.50. The Kier molecular flexibility index (Phi) is 4.77. The van der Waals surface area contributed by atoms with E-state index in [1.54, 1.807) is 0 Å². The summed E-state index contributed by atoms with van der Waals surface area (Å²) in [5.74, 6) is 1.26. The number of hydrogen-bond acceptors (Lipinski definition) is 2. The van der Waals surface area contributed by atoms with Gasteiger partial charge >= 0.3 is 0 Å². The first kappa shape index (κ1) is 10.1. The molecule has 1 aromatic rings. The molecule has 0 unspecified atom stereocenters. The van der Waals surface area contributed by atoms with Crippen LogP contribution in [0, 0.1) is 0 Å². The summed E-state index contributed by atoms with van der Waals surface area (Å²) in [4.78, 5) is 1.54. The van der Waals surface area contributed by atoms with Gasteiger partial charge in [-0.2, -0.15) is 0 Å². The van der Waals surface area contributed by atoms with E-state index in [4.69, 9.17) is 0 Å². The van der Waals surface area contributed by atoms with Crippen molar-refractivity contribution < 1.29 is 0 Å². The first-order valence-electron chi connectivity index (χ1n) is 4.58. The van der Waals surface area contributed by atoms with Crippen molar-refractivity contribution in [2.24, 2.45) is 0 Å². The van der Waals surface area contributed by atoms with Crippen LogP contribution in [-0.4, -0.2) is 5.75 Å². The van der Waals surface area contributed by atoms with E-state index in [1.807, 2.05) is 23.1 Å². The van der Waals surface area contributed by atoms with Crippen LogP contribution in [0.3, 0.4) is 0 Å². The Morgan fingerprint density at radius 1 is 1.25 bits per heavy atom. The van der Waals surface area contributed by atoms with Gasteiger partial charge in [0.05, 0.1) is 4.21 Å². The van der Waals surface area contributed by atoms with Crippen LogP contribution in [0.15, 0.2) is 16.3 Å². The highest BCUT2D eigenvalue weighted by Gasteiger charge is 1.98. The molecule has 0 N–H and O–H groups in total. The van der Waals surface area contributed by atoms with Crippen molar-refractivity contribution in [3.63, 3.8) is 0 Å². The summed E-state index contributed by atoms with van der Waals surface area (Å²) in [5, 5.41) is 0. The van der Waals surface area contributed by atoms with Crippen LogP contribution < -0.4 is 0 Å². The maximum atomic E-state index is 2.27. The molecule has 2 heteroatoms. The summed E-state index contributed by atoms with van der Waals surface area (Å²) < 4.78 is 1.49. The molecule has 68 valence electrons. The lowest BCUT2D eigenvalue weighted by Crippen LogP contribution is -1.72. The van der Waals surface area contributed by atoms with Gasteiger partial charge in [-0.05, 0) is 30.7 Å². The number of thiophene rings is 1. The predicted octanol–water partition coefficient (Wildman–Crippen LogP) is 4.20. The lowest BCUT2D eigenvalue weighted by molar-refractivity contribution is 0.940. The molecule has 0 aromatic carbocycles. The van der Waals surface area contributed by atoms with E-state index in [9.17, 15) is 0 Å². The SMILES string of the molecule is CCCSc1ccc(CCC)s1. The molecule has 0 saturated heterocycles. The van der Waals surface area contributed by atoms with E-state index in [0.29, 0.717) is 0 Å². The van der Waals surface area contributed by atoms with E-state index >= 15 is 0 Å². The molecule has 0 amide bonds. The molecule has 0 saturated carbocycles. The van der Waals surface area contributed by atoms with Crippen LogP contribution >= 0.6 is 23.1 Å². The molecule has 1 rings (SSSR count). The van der Waals surface area contributed by atoms with Crippen molar-refractivity contribution in [3.8, 4) is 0 Å². The second-order valence-electron chi connectivity index (χ2n) is 2.82. The predicted molar refractivity (Wildman–Crippen MR) is 59.3 cm³/mol. The molecule has 0 fully saturated rings. The molecule has 0 spiro atoms. The zero-order chi connectivity index (χ0) is 8.81. The highest BCUT2D eigenvalue weighted by Crippen LogP contribution is 2.28. The molecule has 0 aliphatic carbocycles. The largest absolute Gasteiger partial charge is 0.134 e. The molecular weight excluding hydrogens is 184 g/mol. The fourth-order valence-electron chi connectivity index (χ4n) is 1.02.